The Labute approximate surface area is 116 Å². The molecule has 0 amide bonds. The summed E-state index contributed by atoms with van der Waals surface area (Å²) in [7, 11) is 0. The van der Waals surface area contributed by atoms with Gasteiger partial charge in [0, 0.05) is 16.6 Å². The van der Waals surface area contributed by atoms with Crippen LogP contribution >= 0.6 is 0 Å². The molecular weight excluding hydrogens is 252 g/mol. The quantitative estimate of drug-likeness (QED) is 0.565. The number of nitrogens with zero attached hydrogens (tertiary/aromatic N) is 4. The second kappa shape index (κ2) is 4.88. The Bertz CT molecular complexity index is 802. The monoisotopic (exact) mass is 268 g/mol. The van der Waals surface area contributed by atoms with Gasteiger partial charge in [-0.1, -0.05) is 18.6 Å². The van der Waals surface area contributed by atoms with E-state index >= 15 is 0 Å². The molecule has 6 heteroatoms. The Morgan fingerprint density at radius 1 is 1.35 bits per heavy atom. The molecule has 102 valence electrons. The van der Waals surface area contributed by atoms with Gasteiger partial charge in [-0.05, 0) is 32.4 Å². The van der Waals surface area contributed by atoms with E-state index < -0.39 is 0 Å². The minimum Gasteiger partial charge on any atom is -0.338 e. The number of nitrogens with one attached hydrogen (secondary N) is 2. The summed E-state index contributed by atoms with van der Waals surface area (Å²) in [6, 6.07) is 6.16. The molecule has 0 spiro atoms. The fourth-order valence-electron chi connectivity index (χ4n) is 1.96. The van der Waals surface area contributed by atoms with Crippen molar-refractivity contribution in [1.82, 2.24) is 20.2 Å². The Morgan fingerprint density at radius 2 is 2.20 bits per heavy atom. The number of benzene rings is 1. The van der Waals surface area contributed by atoms with Crippen LogP contribution in [0.25, 0.3) is 22.1 Å². The van der Waals surface area contributed by atoms with Crippen molar-refractivity contribution in [3.63, 3.8) is 0 Å². The number of hydrogen-bond acceptors (Lipinski definition) is 5. The topological polar surface area (TPSA) is 78.8 Å². The molecule has 2 heterocycles. The van der Waals surface area contributed by atoms with E-state index in [0.717, 1.165) is 28.6 Å². The van der Waals surface area contributed by atoms with E-state index in [2.05, 4.69) is 49.7 Å². The third kappa shape index (κ3) is 2.20. The molecule has 0 saturated carbocycles. The summed E-state index contributed by atoms with van der Waals surface area (Å²) < 4.78 is 0. The van der Waals surface area contributed by atoms with Gasteiger partial charge in [0.1, 0.15) is 5.52 Å². The minimum atomic E-state index is 0.397. The van der Waals surface area contributed by atoms with Gasteiger partial charge in [-0.15, -0.1) is 10.2 Å². The highest BCUT2D eigenvalue weighted by molar-refractivity contribution is 6.03. The van der Waals surface area contributed by atoms with E-state index in [1.807, 2.05) is 19.9 Å². The molecular formula is C14H16N6. The zero-order valence-corrected chi connectivity index (χ0v) is 11.7. The lowest BCUT2D eigenvalue weighted by Crippen LogP contribution is -2.01. The number of anilines is 1. The van der Waals surface area contributed by atoms with E-state index in [9.17, 15) is 0 Å². The standard InChI is InChI=1S/C14H16N6/c1-4-9(3)17-19-14-16-13-12(18-20-14)10-7-8(2)5-6-11(10)15-13/h5-7H,4H2,1-3H3,(H2,15,16,19,20). The van der Waals surface area contributed by atoms with Crippen LogP contribution in [0.4, 0.5) is 5.95 Å². The lowest BCUT2D eigenvalue weighted by Gasteiger charge is -1.98. The Morgan fingerprint density at radius 3 is 3.00 bits per heavy atom. The van der Waals surface area contributed by atoms with Gasteiger partial charge in [0.2, 0.25) is 0 Å². The van der Waals surface area contributed by atoms with Crippen LogP contribution in [-0.2, 0) is 0 Å². The van der Waals surface area contributed by atoms with E-state index in [4.69, 9.17) is 0 Å². The summed E-state index contributed by atoms with van der Waals surface area (Å²) in [4.78, 5) is 7.65. The molecule has 2 N–H and O–H groups in total. The maximum absolute atomic E-state index is 4.40. The second-order valence-electron chi connectivity index (χ2n) is 4.82. The predicted molar refractivity (Wildman–Crippen MR) is 80.9 cm³/mol. The summed E-state index contributed by atoms with van der Waals surface area (Å²) >= 11 is 0. The zero-order valence-electron chi connectivity index (χ0n) is 11.7. The van der Waals surface area contributed by atoms with E-state index in [1.54, 1.807) is 0 Å². The van der Waals surface area contributed by atoms with Crippen molar-refractivity contribution in [1.29, 1.82) is 0 Å². The van der Waals surface area contributed by atoms with E-state index in [-0.39, 0.29) is 0 Å². The highest BCUT2D eigenvalue weighted by Gasteiger charge is 2.08. The number of rotatable bonds is 3. The fraction of sp³-hybridized carbons (Fsp3) is 0.286. The molecule has 0 unspecified atom stereocenters. The third-order valence-corrected chi connectivity index (χ3v) is 3.23. The van der Waals surface area contributed by atoms with E-state index in [1.165, 1.54) is 5.56 Å². The van der Waals surface area contributed by atoms with Crippen LogP contribution in [0.3, 0.4) is 0 Å². The average molecular weight is 268 g/mol. The molecule has 0 aliphatic rings. The smallest absolute Gasteiger partial charge is 0.265 e. The van der Waals surface area contributed by atoms with Crippen molar-refractivity contribution in [2.45, 2.75) is 27.2 Å². The summed E-state index contributed by atoms with van der Waals surface area (Å²) in [6.07, 6.45) is 0.883. The van der Waals surface area contributed by atoms with Gasteiger partial charge < -0.3 is 4.98 Å². The van der Waals surface area contributed by atoms with Gasteiger partial charge in [-0.3, -0.25) is 0 Å². The average Bonchev–Trinajstić information content (AvgIpc) is 2.81. The molecule has 0 bridgehead atoms. The van der Waals surface area contributed by atoms with Crippen LogP contribution in [0, 0.1) is 6.92 Å². The SMILES string of the molecule is CCC(C)=NNc1nnc2c(n1)[nH]c1ccc(C)cc12. The Hall–Kier alpha value is -2.50. The molecule has 0 aliphatic heterocycles. The predicted octanol–water partition coefficient (Wildman–Crippen LogP) is 3.01. The zero-order chi connectivity index (χ0) is 14.1. The van der Waals surface area contributed by atoms with Crippen molar-refractivity contribution in [3.8, 4) is 0 Å². The number of fused-ring (bicyclic) bond motifs is 3. The lowest BCUT2D eigenvalue weighted by molar-refractivity contribution is 1.00. The second-order valence-corrected chi connectivity index (χ2v) is 4.82. The molecule has 0 aliphatic carbocycles. The van der Waals surface area contributed by atoms with Crippen molar-refractivity contribution in [2.75, 3.05) is 5.43 Å². The maximum Gasteiger partial charge on any atom is 0.265 e. The van der Waals surface area contributed by atoms with Gasteiger partial charge in [0.25, 0.3) is 5.95 Å². The Balaban J connectivity index is 2.05. The molecule has 20 heavy (non-hydrogen) atoms. The van der Waals surface area contributed by atoms with Gasteiger partial charge in [0.05, 0.1) is 0 Å². The van der Waals surface area contributed by atoms with Crippen LogP contribution in [0.5, 0.6) is 0 Å². The van der Waals surface area contributed by atoms with Crippen molar-refractivity contribution in [3.05, 3.63) is 23.8 Å². The molecule has 0 saturated heterocycles. The molecule has 1 aromatic carbocycles. The van der Waals surface area contributed by atoms with Gasteiger partial charge >= 0.3 is 0 Å². The van der Waals surface area contributed by atoms with Crippen molar-refractivity contribution >= 4 is 33.7 Å². The molecule has 6 nitrogen and oxygen atoms in total. The fourth-order valence-corrected chi connectivity index (χ4v) is 1.96. The summed E-state index contributed by atoms with van der Waals surface area (Å²) in [5.41, 5.74) is 7.51. The molecule has 0 fully saturated rings. The van der Waals surface area contributed by atoms with Crippen LogP contribution in [-0.4, -0.2) is 25.9 Å². The van der Waals surface area contributed by atoms with E-state index in [0.29, 0.717) is 11.6 Å². The van der Waals surface area contributed by atoms with Gasteiger partial charge in [-0.25, -0.2) is 5.43 Å². The lowest BCUT2D eigenvalue weighted by atomic mass is 10.2. The molecule has 3 rings (SSSR count). The number of aromatic amines is 1. The third-order valence-electron chi connectivity index (χ3n) is 3.23. The number of H-pyrrole nitrogens is 1. The summed E-state index contributed by atoms with van der Waals surface area (Å²) in [6.45, 7) is 6.05. The molecule has 3 aromatic rings. The first-order valence-corrected chi connectivity index (χ1v) is 6.59. The minimum absolute atomic E-state index is 0.397. The largest absolute Gasteiger partial charge is 0.338 e. The van der Waals surface area contributed by atoms with Gasteiger partial charge in [0.15, 0.2) is 5.65 Å². The maximum atomic E-state index is 4.40. The van der Waals surface area contributed by atoms with Crippen LogP contribution in [0.2, 0.25) is 0 Å². The number of hydrogen-bond donors (Lipinski definition) is 2. The first-order chi connectivity index (χ1) is 9.67. The van der Waals surface area contributed by atoms with Crippen molar-refractivity contribution in [2.24, 2.45) is 5.10 Å². The van der Waals surface area contributed by atoms with Crippen molar-refractivity contribution < 1.29 is 0 Å². The van der Waals surface area contributed by atoms with Crippen LogP contribution in [0.15, 0.2) is 23.3 Å². The highest BCUT2D eigenvalue weighted by atomic mass is 15.4. The number of aryl methyl sites for hydroxylation is 1. The normalized spacial score (nSPS) is 12.2. The molecule has 0 radical (unpaired) electrons. The molecule has 2 aromatic heterocycles. The first kappa shape index (κ1) is 12.5. The summed E-state index contributed by atoms with van der Waals surface area (Å²) in [5.74, 6) is 0.397. The highest BCUT2D eigenvalue weighted by Crippen LogP contribution is 2.23. The van der Waals surface area contributed by atoms with Crippen LogP contribution < -0.4 is 5.43 Å². The number of hydrazone groups is 1. The molecule has 0 atom stereocenters. The summed E-state index contributed by atoms with van der Waals surface area (Å²) in [5, 5.41) is 13.5. The number of aromatic nitrogens is 4. The Kier molecular flexibility index (Phi) is 3.06. The van der Waals surface area contributed by atoms with Crippen LogP contribution in [0.1, 0.15) is 25.8 Å². The van der Waals surface area contributed by atoms with Gasteiger partial charge in [-0.2, -0.15) is 10.1 Å². The first-order valence-electron chi connectivity index (χ1n) is 6.59.